The molecule has 132 valence electrons. The summed E-state index contributed by atoms with van der Waals surface area (Å²) in [6.07, 6.45) is 2.67. The highest BCUT2D eigenvalue weighted by molar-refractivity contribution is 5.88. The summed E-state index contributed by atoms with van der Waals surface area (Å²) in [6, 6.07) is -0.188. The van der Waals surface area contributed by atoms with Crippen molar-refractivity contribution in [1.82, 2.24) is 4.90 Å². The standard InChI is InChI=1S/C18H25NO5/c1-4-12-7-10(2)11(3)17(21)23-9-13-14(20)8-19-6-5-15(16(13)19)24-18(12)22/h4,10-11,15-16,20H,5-9H2,1-3H3/b12-4-/t10-,11+,15-,16-/m1/s1. The van der Waals surface area contributed by atoms with Gasteiger partial charge in [-0.1, -0.05) is 19.9 Å². The van der Waals surface area contributed by atoms with Crippen molar-refractivity contribution in [2.75, 3.05) is 19.7 Å². The minimum Gasteiger partial charge on any atom is -0.511 e. The van der Waals surface area contributed by atoms with Crippen LogP contribution >= 0.6 is 0 Å². The van der Waals surface area contributed by atoms with Gasteiger partial charge in [-0.25, -0.2) is 4.79 Å². The van der Waals surface area contributed by atoms with Gasteiger partial charge in [0.15, 0.2) is 0 Å². The van der Waals surface area contributed by atoms with Crippen molar-refractivity contribution in [3.63, 3.8) is 0 Å². The van der Waals surface area contributed by atoms with Gasteiger partial charge < -0.3 is 14.6 Å². The normalized spacial score (nSPS) is 36.9. The number of hydrogen-bond donors (Lipinski definition) is 1. The van der Waals surface area contributed by atoms with Gasteiger partial charge in [-0.2, -0.15) is 0 Å². The number of rotatable bonds is 0. The van der Waals surface area contributed by atoms with Crippen molar-refractivity contribution in [2.24, 2.45) is 11.8 Å². The number of nitrogens with zero attached hydrogens (tertiary/aromatic N) is 1. The maximum Gasteiger partial charge on any atom is 0.334 e. The summed E-state index contributed by atoms with van der Waals surface area (Å²) in [5.74, 6) is -0.731. The van der Waals surface area contributed by atoms with Crippen LogP contribution in [0.25, 0.3) is 0 Å². The number of aliphatic hydroxyl groups excluding tert-OH is 1. The largest absolute Gasteiger partial charge is 0.511 e. The fourth-order valence-corrected chi connectivity index (χ4v) is 3.77. The van der Waals surface area contributed by atoms with Crippen LogP contribution in [0.3, 0.4) is 0 Å². The molecule has 0 amide bonds. The fourth-order valence-electron chi connectivity index (χ4n) is 3.77. The van der Waals surface area contributed by atoms with Gasteiger partial charge in [-0.05, 0) is 25.7 Å². The number of cyclic esters (lactones) is 1. The number of ether oxygens (including phenoxy) is 2. The van der Waals surface area contributed by atoms with Crippen LogP contribution in [0.2, 0.25) is 0 Å². The maximum atomic E-state index is 12.5. The molecular weight excluding hydrogens is 310 g/mol. The Labute approximate surface area is 142 Å². The highest BCUT2D eigenvalue weighted by Crippen LogP contribution is 2.35. The summed E-state index contributed by atoms with van der Waals surface area (Å²) in [7, 11) is 0. The summed E-state index contributed by atoms with van der Waals surface area (Å²) in [4.78, 5) is 26.9. The van der Waals surface area contributed by atoms with Gasteiger partial charge in [-0.3, -0.25) is 9.69 Å². The molecule has 0 spiro atoms. The molecule has 0 saturated carbocycles. The zero-order valence-corrected chi connectivity index (χ0v) is 14.4. The Hall–Kier alpha value is -1.82. The number of aliphatic hydroxyl groups is 1. The van der Waals surface area contributed by atoms with Crippen LogP contribution in [-0.4, -0.2) is 53.8 Å². The predicted molar refractivity (Wildman–Crippen MR) is 87.2 cm³/mol. The van der Waals surface area contributed by atoms with E-state index >= 15 is 0 Å². The molecule has 3 aliphatic heterocycles. The molecule has 0 aromatic heterocycles. The smallest absolute Gasteiger partial charge is 0.334 e. The van der Waals surface area contributed by atoms with Gasteiger partial charge in [0.1, 0.15) is 18.5 Å². The Bertz CT molecular complexity index is 609. The molecule has 0 aromatic carbocycles. The summed E-state index contributed by atoms with van der Waals surface area (Å²) in [5.41, 5.74) is 1.26. The number of esters is 2. The fraction of sp³-hybridized carbons (Fsp3) is 0.667. The van der Waals surface area contributed by atoms with Gasteiger partial charge in [-0.15, -0.1) is 0 Å². The molecule has 6 nitrogen and oxygen atoms in total. The molecule has 2 fully saturated rings. The number of carbonyl (C=O) groups is 2. The van der Waals surface area contributed by atoms with Crippen molar-refractivity contribution in [3.05, 3.63) is 23.0 Å². The Morgan fingerprint density at radius 3 is 2.75 bits per heavy atom. The van der Waals surface area contributed by atoms with E-state index in [-0.39, 0.29) is 48.3 Å². The quantitative estimate of drug-likeness (QED) is 0.539. The zero-order chi connectivity index (χ0) is 17.4. The van der Waals surface area contributed by atoms with E-state index in [2.05, 4.69) is 4.90 Å². The molecule has 0 aromatic rings. The second-order valence-electron chi connectivity index (χ2n) is 7.01. The van der Waals surface area contributed by atoms with Crippen LogP contribution in [0.4, 0.5) is 0 Å². The van der Waals surface area contributed by atoms with E-state index < -0.39 is 0 Å². The van der Waals surface area contributed by atoms with E-state index in [0.717, 1.165) is 13.0 Å². The number of allylic oxidation sites excluding steroid dienone is 1. The first-order valence-corrected chi connectivity index (χ1v) is 8.60. The zero-order valence-electron chi connectivity index (χ0n) is 14.4. The SMILES string of the molecule is C/C=C1/C[C@@H](C)[C@H](C)C(=O)OCC2=C(O)CN3CC[C@@H](OC1=O)[C@@H]23. The Morgan fingerprint density at radius 2 is 2.04 bits per heavy atom. The summed E-state index contributed by atoms with van der Waals surface area (Å²) in [6.45, 7) is 6.79. The van der Waals surface area contributed by atoms with Gasteiger partial charge in [0.2, 0.25) is 0 Å². The van der Waals surface area contributed by atoms with Gasteiger partial charge in [0.05, 0.1) is 18.5 Å². The maximum absolute atomic E-state index is 12.5. The van der Waals surface area contributed by atoms with Crippen molar-refractivity contribution in [1.29, 1.82) is 0 Å². The lowest BCUT2D eigenvalue weighted by molar-refractivity contribution is -0.151. The van der Waals surface area contributed by atoms with Gasteiger partial charge in [0.25, 0.3) is 0 Å². The highest BCUT2D eigenvalue weighted by atomic mass is 16.5. The molecule has 0 radical (unpaired) electrons. The van der Waals surface area contributed by atoms with E-state index in [1.54, 1.807) is 6.08 Å². The lowest BCUT2D eigenvalue weighted by Gasteiger charge is -2.26. The molecular formula is C18H25NO5. The minimum absolute atomic E-state index is 0.0299. The second kappa shape index (κ2) is 6.59. The van der Waals surface area contributed by atoms with Crippen molar-refractivity contribution in [2.45, 2.75) is 45.8 Å². The molecule has 3 heterocycles. The third-order valence-corrected chi connectivity index (χ3v) is 5.53. The van der Waals surface area contributed by atoms with Crippen LogP contribution in [-0.2, 0) is 19.1 Å². The monoisotopic (exact) mass is 335 g/mol. The van der Waals surface area contributed by atoms with Crippen LogP contribution in [0.5, 0.6) is 0 Å². The summed E-state index contributed by atoms with van der Waals surface area (Å²) in [5, 5.41) is 10.2. The first kappa shape index (κ1) is 17.0. The molecule has 0 bridgehead atoms. The van der Waals surface area contributed by atoms with E-state index in [0.29, 0.717) is 24.1 Å². The van der Waals surface area contributed by atoms with E-state index in [1.807, 2.05) is 20.8 Å². The lowest BCUT2D eigenvalue weighted by Crippen LogP contribution is -2.37. The molecule has 1 N–H and O–H groups in total. The predicted octanol–water partition coefficient (Wildman–Crippen LogP) is 1.96. The highest BCUT2D eigenvalue weighted by Gasteiger charge is 2.45. The summed E-state index contributed by atoms with van der Waals surface area (Å²) >= 11 is 0. The molecule has 2 saturated heterocycles. The van der Waals surface area contributed by atoms with Crippen molar-refractivity contribution < 1.29 is 24.2 Å². The molecule has 3 aliphatic rings. The van der Waals surface area contributed by atoms with Gasteiger partial charge in [0, 0.05) is 17.7 Å². The average molecular weight is 335 g/mol. The Balaban J connectivity index is 1.91. The lowest BCUT2D eigenvalue weighted by atomic mass is 9.89. The van der Waals surface area contributed by atoms with E-state index in [4.69, 9.17) is 9.47 Å². The molecule has 0 unspecified atom stereocenters. The summed E-state index contributed by atoms with van der Waals surface area (Å²) < 4.78 is 11.2. The van der Waals surface area contributed by atoms with Crippen molar-refractivity contribution in [3.8, 4) is 0 Å². The third-order valence-electron chi connectivity index (χ3n) is 5.53. The van der Waals surface area contributed by atoms with Crippen LogP contribution in [0.1, 0.15) is 33.6 Å². The molecule has 4 atom stereocenters. The van der Waals surface area contributed by atoms with E-state index in [9.17, 15) is 14.7 Å². The third kappa shape index (κ3) is 2.95. The second-order valence-corrected chi connectivity index (χ2v) is 7.01. The number of hydrogen-bond acceptors (Lipinski definition) is 6. The van der Waals surface area contributed by atoms with Crippen LogP contribution in [0, 0.1) is 11.8 Å². The number of carbonyl (C=O) groups excluding carboxylic acids is 2. The molecule has 24 heavy (non-hydrogen) atoms. The first-order valence-electron chi connectivity index (χ1n) is 8.60. The average Bonchev–Trinajstić information content (AvgIpc) is 3.07. The molecule has 0 aliphatic carbocycles. The first-order chi connectivity index (χ1) is 11.4. The Kier molecular flexibility index (Phi) is 4.67. The molecule has 6 heteroatoms. The van der Waals surface area contributed by atoms with Crippen molar-refractivity contribution >= 4 is 11.9 Å². The van der Waals surface area contributed by atoms with E-state index in [1.165, 1.54) is 0 Å². The van der Waals surface area contributed by atoms with Crippen LogP contribution in [0.15, 0.2) is 23.0 Å². The topological polar surface area (TPSA) is 76.1 Å². The minimum atomic E-state index is -0.327. The Morgan fingerprint density at radius 1 is 1.29 bits per heavy atom. The van der Waals surface area contributed by atoms with Crippen LogP contribution < -0.4 is 0 Å². The van der Waals surface area contributed by atoms with Gasteiger partial charge >= 0.3 is 11.9 Å². The molecule has 3 rings (SSSR count).